The van der Waals surface area contributed by atoms with Crippen LogP contribution in [0.4, 0.5) is 0 Å². The molecule has 0 radical (unpaired) electrons. The molecule has 3 rings (SSSR count). The predicted molar refractivity (Wildman–Crippen MR) is 130 cm³/mol. The number of benzene rings is 1. The van der Waals surface area contributed by atoms with Crippen molar-refractivity contribution >= 4 is 46.8 Å². The third-order valence-electron chi connectivity index (χ3n) is 5.12. The average molecular weight is 468 g/mol. The van der Waals surface area contributed by atoms with Gasteiger partial charge in [-0.25, -0.2) is 5.48 Å². The molecule has 3 amide bonds. The summed E-state index contributed by atoms with van der Waals surface area (Å²) in [5, 5.41) is 16.3. The van der Waals surface area contributed by atoms with Crippen molar-refractivity contribution in [1.82, 2.24) is 16.1 Å². The lowest BCUT2D eigenvalue weighted by atomic mass is 10.1. The summed E-state index contributed by atoms with van der Waals surface area (Å²) in [5.41, 5.74) is 4.07. The van der Waals surface area contributed by atoms with Crippen LogP contribution in [0.2, 0.25) is 0 Å². The highest BCUT2D eigenvalue weighted by Crippen LogP contribution is 2.26. The second-order valence-corrected chi connectivity index (χ2v) is 8.87. The Morgan fingerprint density at radius 3 is 2.45 bits per heavy atom. The third kappa shape index (κ3) is 8.67. The molecule has 1 fully saturated rings. The molecule has 2 aromatic rings. The van der Waals surface area contributed by atoms with Crippen LogP contribution < -0.4 is 16.1 Å². The van der Waals surface area contributed by atoms with Crippen LogP contribution in [0.15, 0.2) is 47.9 Å². The number of unbranched alkanes of at least 4 members (excludes halogenated alkanes) is 2. The van der Waals surface area contributed by atoms with Gasteiger partial charge in [0.05, 0.1) is 5.57 Å². The first-order valence-electron chi connectivity index (χ1n) is 11.1. The summed E-state index contributed by atoms with van der Waals surface area (Å²) in [6, 6.07) is 11.9. The predicted octanol–water partition coefficient (Wildman–Crippen LogP) is 3.76. The maximum atomic E-state index is 12.7. The Labute approximate surface area is 197 Å². The molecule has 1 aromatic heterocycles. The highest BCUT2D eigenvalue weighted by atomic mass is 32.1. The summed E-state index contributed by atoms with van der Waals surface area (Å²) in [6.45, 7) is 0.530. The van der Waals surface area contributed by atoms with Gasteiger partial charge in [-0.15, -0.1) is 11.3 Å². The van der Waals surface area contributed by atoms with Crippen molar-refractivity contribution in [3.8, 4) is 0 Å². The van der Waals surface area contributed by atoms with Crippen LogP contribution in [0.25, 0.3) is 17.7 Å². The van der Waals surface area contributed by atoms with Gasteiger partial charge in [-0.05, 0) is 60.4 Å². The van der Waals surface area contributed by atoms with E-state index in [0.29, 0.717) is 24.6 Å². The molecule has 0 atom stereocenters. The summed E-state index contributed by atoms with van der Waals surface area (Å²) in [5.74, 6) is -0.617. The Kier molecular flexibility index (Phi) is 9.41. The van der Waals surface area contributed by atoms with Crippen molar-refractivity contribution in [1.29, 1.82) is 0 Å². The van der Waals surface area contributed by atoms with Gasteiger partial charge in [0.2, 0.25) is 11.8 Å². The van der Waals surface area contributed by atoms with Crippen LogP contribution in [0.5, 0.6) is 0 Å². The van der Waals surface area contributed by atoms with Crippen LogP contribution in [-0.2, 0) is 14.4 Å². The van der Waals surface area contributed by atoms with E-state index in [0.717, 1.165) is 41.7 Å². The van der Waals surface area contributed by atoms with Crippen LogP contribution in [0, 0.1) is 0 Å². The second kappa shape index (κ2) is 12.7. The molecule has 1 aliphatic carbocycles. The molecule has 174 valence electrons. The van der Waals surface area contributed by atoms with Gasteiger partial charge in [0.15, 0.2) is 0 Å². The van der Waals surface area contributed by atoms with Gasteiger partial charge < -0.3 is 10.6 Å². The Hall–Kier alpha value is -3.23. The first kappa shape index (κ1) is 24.4. The van der Waals surface area contributed by atoms with Gasteiger partial charge in [0.25, 0.3) is 5.91 Å². The van der Waals surface area contributed by atoms with E-state index >= 15 is 0 Å². The molecule has 7 nitrogen and oxygen atoms in total. The number of hydrogen-bond acceptors (Lipinski definition) is 5. The molecule has 1 saturated carbocycles. The molecule has 1 aliphatic rings. The first-order valence-corrected chi connectivity index (χ1v) is 12.0. The third-order valence-corrected chi connectivity index (χ3v) is 6.03. The zero-order valence-electron chi connectivity index (χ0n) is 18.4. The number of rotatable bonds is 12. The number of thiophene rings is 1. The Morgan fingerprint density at radius 2 is 1.79 bits per heavy atom. The van der Waals surface area contributed by atoms with Crippen LogP contribution in [-0.4, -0.2) is 35.5 Å². The number of carbonyl (C=O) groups excluding carboxylic acids is 3. The average Bonchev–Trinajstić information content (AvgIpc) is 3.47. The summed E-state index contributed by atoms with van der Waals surface area (Å²) in [7, 11) is 0. The summed E-state index contributed by atoms with van der Waals surface area (Å²) in [4.78, 5) is 36.5. The molecule has 1 aromatic carbocycles. The van der Waals surface area contributed by atoms with Crippen molar-refractivity contribution in [2.24, 2.45) is 0 Å². The van der Waals surface area contributed by atoms with Gasteiger partial charge in [-0.3, -0.25) is 19.6 Å². The van der Waals surface area contributed by atoms with Crippen molar-refractivity contribution in [3.63, 3.8) is 0 Å². The Bertz CT molecular complexity index is 993. The highest BCUT2D eigenvalue weighted by molar-refractivity contribution is 7.11. The topological polar surface area (TPSA) is 108 Å². The molecular formula is C25H29N3O4S. The van der Waals surface area contributed by atoms with Gasteiger partial charge in [-0.1, -0.05) is 36.8 Å². The standard InChI is InChI=1S/C25H29N3O4S/c29-23(26-15-3-1-2-6-24(30)28-32)14-11-18-7-9-19(10-8-18)17-21(22-5-4-16-33-22)25(31)27-20-12-13-20/h4-5,7-11,14,16-17,20,32H,1-3,6,12-13,15H2,(H,26,29)(H,27,31)(H,28,30)/b14-11+,21-17+. The quantitative estimate of drug-likeness (QED) is 0.165. The number of hydroxylamine groups is 1. The van der Waals surface area contributed by atoms with Crippen molar-refractivity contribution < 1.29 is 19.6 Å². The fourth-order valence-electron chi connectivity index (χ4n) is 3.13. The molecule has 33 heavy (non-hydrogen) atoms. The summed E-state index contributed by atoms with van der Waals surface area (Å²) < 4.78 is 0. The second-order valence-electron chi connectivity index (χ2n) is 7.92. The molecule has 0 bridgehead atoms. The van der Waals surface area contributed by atoms with Crippen LogP contribution in [0.1, 0.15) is 54.5 Å². The molecular weight excluding hydrogens is 438 g/mol. The lowest BCUT2D eigenvalue weighted by molar-refractivity contribution is -0.129. The summed E-state index contributed by atoms with van der Waals surface area (Å²) >= 11 is 1.54. The van der Waals surface area contributed by atoms with Gasteiger partial charge in [0, 0.05) is 30.0 Å². The SMILES string of the molecule is O=C(/C=C/c1ccc(/C=C(/C(=O)NC2CC2)c2cccs2)cc1)NCCCCCC(=O)NO. The smallest absolute Gasteiger partial charge is 0.252 e. The van der Waals surface area contributed by atoms with Crippen LogP contribution in [0.3, 0.4) is 0 Å². The number of hydrogen-bond donors (Lipinski definition) is 4. The molecule has 1 heterocycles. The van der Waals surface area contributed by atoms with Crippen molar-refractivity contribution in [2.75, 3.05) is 6.54 Å². The van der Waals surface area contributed by atoms with Gasteiger partial charge in [0.1, 0.15) is 0 Å². The Morgan fingerprint density at radius 1 is 1.03 bits per heavy atom. The minimum atomic E-state index is -0.396. The molecule has 0 aliphatic heterocycles. The fraction of sp³-hybridized carbons (Fsp3) is 0.320. The summed E-state index contributed by atoms with van der Waals surface area (Å²) in [6.07, 6.45) is 9.71. The van der Waals surface area contributed by atoms with E-state index in [-0.39, 0.29) is 18.2 Å². The van der Waals surface area contributed by atoms with Gasteiger partial charge in [-0.2, -0.15) is 0 Å². The van der Waals surface area contributed by atoms with E-state index in [1.165, 1.54) is 6.08 Å². The van der Waals surface area contributed by atoms with Crippen molar-refractivity contribution in [2.45, 2.75) is 44.6 Å². The minimum Gasteiger partial charge on any atom is -0.353 e. The van der Waals surface area contributed by atoms with E-state index in [9.17, 15) is 14.4 Å². The van der Waals surface area contributed by atoms with E-state index in [4.69, 9.17) is 5.21 Å². The van der Waals surface area contributed by atoms with E-state index < -0.39 is 5.91 Å². The number of carbonyl (C=O) groups is 3. The lowest BCUT2D eigenvalue weighted by Gasteiger charge is -2.07. The van der Waals surface area contributed by atoms with E-state index in [2.05, 4.69) is 10.6 Å². The monoisotopic (exact) mass is 467 g/mol. The normalized spacial score (nSPS) is 13.7. The zero-order valence-corrected chi connectivity index (χ0v) is 19.2. The highest BCUT2D eigenvalue weighted by Gasteiger charge is 2.25. The minimum absolute atomic E-state index is 0.0442. The first-order chi connectivity index (χ1) is 16.0. The molecule has 0 saturated heterocycles. The molecule has 8 heteroatoms. The maximum absolute atomic E-state index is 12.7. The zero-order chi connectivity index (χ0) is 23.5. The fourth-order valence-corrected chi connectivity index (χ4v) is 3.87. The van der Waals surface area contributed by atoms with Crippen LogP contribution >= 0.6 is 11.3 Å². The lowest BCUT2D eigenvalue weighted by Crippen LogP contribution is -2.26. The Balaban J connectivity index is 1.49. The van der Waals surface area contributed by atoms with E-state index in [1.807, 2.05) is 47.9 Å². The molecule has 4 N–H and O–H groups in total. The van der Waals surface area contributed by atoms with E-state index in [1.54, 1.807) is 22.9 Å². The molecule has 0 spiro atoms. The van der Waals surface area contributed by atoms with Crippen molar-refractivity contribution in [3.05, 3.63) is 63.9 Å². The number of amides is 3. The number of nitrogens with one attached hydrogen (secondary N) is 3. The molecule has 0 unspecified atom stereocenters. The largest absolute Gasteiger partial charge is 0.353 e. The maximum Gasteiger partial charge on any atom is 0.252 e. The van der Waals surface area contributed by atoms with Gasteiger partial charge >= 0.3 is 0 Å².